The highest BCUT2D eigenvalue weighted by molar-refractivity contribution is 6.02. The van der Waals surface area contributed by atoms with Gasteiger partial charge in [-0.25, -0.2) is 4.39 Å². The van der Waals surface area contributed by atoms with Gasteiger partial charge in [0.15, 0.2) is 17.3 Å². The number of likely N-dealkylation sites (tertiary alicyclic amines) is 1. The molecule has 9 heteroatoms. The minimum atomic E-state index is -0.564. The van der Waals surface area contributed by atoms with Crippen molar-refractivity contribution in [2.45, 2.75) is 37.8 Å². The molecule has 4 aromatic rings. The van der Waals surface area contributed by atoms with Gasteiger partial charge in [-0.05, 0) is 68.2 Å². The van der Waals surface area contributed by atoms with Crippen LogP contribution in [0, 0.1) is 5.82 Å². The van der Waals surface area contributed by atoms with Gasteiger partial charge in [-0.1, -0.05) is 24.3 Å². The highest BCUT2D eigenvalue weighted by Gasteiger charge is 2.33. The SMILES string of the molecule is CN1CCCC1CCNC(=O)c1cn2c3c(c(N4CC[C@@H](N)C4)c(F)cc3c1=O)Oc1cc3ccccc3cc1-2. The third kappa shape index (κ3) is 4.03. The standard InChI is InChI=1S/C31H32FN5O3/c1-35-11-4-7-21(35)8-10-34-31(39)23-17-37-25-13-18-5-2-3-6-19(18)14-26(25)40-30-27(37)22(29(23)38)15-24(32)28(30)36-12-9-20(33)16-36/h2-3,5-6,13-15,17,20-21H,4,7-12,16,33H2,1H3,(H,34,39)/t20-,21?/m1/s1. The molecule has 0 aliphatic carbocycles. The number of halogens is 1. The number of hydrogen-bond donors (Lipinski definition) is 2. The average molecular weight is 542 g/mol. The zero-order chi connectivity index (χ0) is 27.5. The van der Waals surface area contributed by atoms with Crippen molar-refractivity contribution >= 4 is 33.3 Å². The van der Waals surface area contributed by atoms with E-state index in [0.717, 1.165) is 43.0 Å². The quantitative estimate of drug-likeness (QED) is 0.348. The normalized spacial score (nSPS) is 20.2. The molecule has 0 radical (unpaired) electrons. The molecule has 3 aromatic carbocycles. The highest BCUT2D eigenvalue weighted by Crippen LogP contribution is 2.48. The number of carbonyl (C=O) groups is 1. The van der Waals surface area contributed by atoms with Gasteiger partial charge in [0.2, 0.25) is 5.43 Å². The molecule has 1 unspecified atom stereocenters. The Morgan fingerprint density at radius 2 is 1.95 bits per heavy atom. The van der Waals surface area contributed by atoms with Crippen LogP contribution in [0.1, 0.15) is 36.0 Å². The topological polar surface area (TPSA) is 92.8 Å². The molecule has 3 aliphatic heterocycles. The zero-order valence-electron chi connectivity index (χ0n) is 22.5. The van der Waals surface area contributed by atoms with Crippen LogP contribution < -0.4 is 26.1 Å². The number of rotatable bonds is 5. The lowest BCUT2D eigenvalue weighted by Gasteiger charge is -2.29. The first kappa shape index (κ1) is 25.0. The van der Waals surface area contributed by atoms with Crippen LogP contribution in [0.4, 0.5) is 10.1 Å². The number of fused-ring (bicyclic) bond motifs is 3. The van der Waals surface area contributed by atoms with Crippen LogP contribution in [0.25, 0.3) is 27.4 Å². The van der Waals surface area contributed by atoms with Crippen LogP contribution in [0.2, 0.25) is 0 Å². The van der Waals surface area contributed by atoms with Crippen molar-refractivity contribution in [2.24, 2.45) is 5.73 Å². The predicted molar refractivity (Wildman–Crippen MR) is 154 cm³/mol. The molecule has 2 fully saturated rings. The van der Waals surface area contributed by atoms with Crippen LogP contribution in [-0.2, 0) is 0 Å². The number of benzene rings is 3. The van der Waals surface area contributed by atoms with Crippen molar-refractivity contribution in [1.82, 2.24) is 14.8 Å². The van der Waals surface area contributed by atoms with E-state index in [1.165, 1.54) is 6.07 Å². The van der Waals surface area contributed by atoms with Crippen molar-refractivity contribution in [3.63, 3.8) is 0 Å². The Morgan fingerprint density at radius 3 is 2.67 bits per heavy atom. The summed E-state index contributed by atoms with van der Waals surface area (Å²) < 4.78 is 24.1. The second-order valence-corrected chi connectivity index (χ2v) is 11.3. The molecule has 1 aromatic heterocycles. The van der Waals surface area contributed by atoms with Crippen LogP contribution in [-0.4, -0.2) is 60.7 Å². The summed E-state index contributed by atoms with van der Waals surface area (Å²) in [7, 11) is 2.10. The molecule has 7 rings (SSSR count). The van der Waals surface area contributed by atoms with E-state index in [4.69, 9.17) is 10.5 Å². The van der Waals surface area contributed by atoms with Gasteiger partial charge in [0.05, 0.1) is 11.1 Å². The molecule has 0 spiro atoms. The van der Waals surface area contributed by atoms with Gasteiger partial charge in [-0.2, -0.15) is 0 Å². The number of anilines is 1. The number of nitrogens with one attached hydrogen (secondary N) is 1. The summed E-state index contributed by atoms with van der Waals surface area (Å²) in [4.78, 5) is 31.3. The van der Waals surface area contributed by atoms with Crippen molar-refractivity contribution < 1.29 is 13.9 Å². The Bertz CT molecular complexity index is 1730. The Hall–Kier alpha value is -3.95. The average Bonchev–Trinajstić information content (AvgIpc) is 3.56. The number of hydrogen-bond acceptors (Lipinski definition) is 6. The third-order valence-electron chi connectivity index (χ3n) is 8.69. The van der Waals surface area contributed by atoms with Crippen molar-refractivity contribution in [3.05, 3.63) is 70.3 Å². The monoisotopic (exact) mass is 541 g/mol. The molecule has 2 saturated heterocycles. The molecule has 206 valence electrons. The van der Waals surface area contributed by atoms with Gasteiger partial charge in [-0.3, -0.25) is 9.59 Å². The Kier molecular flexibility index (Phi) is 6.01. The summed E-state index contributed by atoms with van der Waals surface area (Å²) in [5.41, 5.74) is 7.06. The van der Waals surface area contributed by atoms with Gasteiger partial charge in [0.25, 0.3) is 5.91 Å². The molecule has 2 atom stereocenters. The Balaban J connectivity index is 1.38. The number of nitrogens with zero attached hydrogens (tertiary/aromatic N) is 3. The van der Waals surface area contributed by atoms with E-state index >= 15 is 4.39 Å². The molecule has 0 saturated carbocycles. The highest BCUT2D eigenvalue weighted by atomic mass is 19.1. The molecular weight excluding hydrogens is 509 g/mol. The largest absolute Gasteiger partial charge is 0.451 e. The number of nitrogens with two attached hydrogens (primary N) is 1. The number of carbonyl (C=O) groups excluding carboxylic acids is 1. The lowest BCUT2D eigenvalue weighted by Crippen LogP contribution is -2.34. The number of ether oxygens (including phenoxy) is 1. The fourth-order valence-corrected chi connectivity index (χ4v) is 6.53. The van der Waals surface area contributed by atoms with Crippen molar-refractivity contribution in [3.8, 4) is 17.2 Å². The zero-order valence-corrected chi connectivity index (χ0v) is 22.5. The summed E-state index contributed by atoms with van der Waals surface area (Å²) in [6, 6.07) is 13.4. The Labute approximate surface area is 231 Å². The molecule has 8 nitrogen and oxygen atoms in total. The maximum atomic E-state index is 15.8. The van der Waals surface area contributed by atoms with Gasteiger partial charge >= 0.3 is 0 Å². The lowest BCUT2D eigenvalue weighted by atomic mass is 10.0. The van der Waals surface area contributed by atoms with E-state index in [-0.39, 0.29) is 22.7 Å². The van der Waals surface area contributed by atoms with Gasteiger partial charge in [0.1, 0.15) is 16.8 Å². The van der Waals surface area contributed by atoms with Crippen LogP contribution in [0.15, 0.2) is 53.5 Å². The van der Waals surface area contributed by atoms with E-state index in [1.807, 2.05) is 45.9 Å². The van der Waals surface area contributed by atoms with E-state index in [2.05, 4.69) is 17.3 Å². The summed E-state index contributed by atoms with van der Waals surface area (Å²) in [6.45, 7) is 2.60. The Morgan fingerprint density at radius 1 is 1.15 bits per heavy atom. The fourth-order valence-electron chi connectivity index (χ4n) is 6.53. The van der Waals surface area contributed by atoms with Crippen LogP contribution in [0.3, 0.4) is 0 Å². The minimum Gasteiger partial charge on any atom is -0.451 e. The van der Waals surface area contributed by atoms with Crippen molar-refractivity contribution in [1.29, 1.82) is 0 Å². The lowest BCUT2D eigenvalue weighted by molar-refractivity contribution is 0.0949. The summed E-state index contributed by atoms with van der Waals surface area (Å²) in [6.07, 6.45) is 5.39. The maximum absolute atomic E-state index is 15.8. The molecule has 1 amide bonds. The van der Waals surface area contributed by atoms with Gasteiger partial charge in [0, 0.05) is 37.9 Å². The molecule has 4 heterocycles. The number of pyridine rings is 1. The second-order valence-electron chi connectivity index (χ2n) is 11.3. The molecule has 0 bridgehead atoms. The van der Waals surface area contributed by atoms with E-state index in [1.54, 1.807) is 6.20 Å². The molecular formula is C31H32FN5O3. The van der Waals surface area contributed by atoms with Crippen molar-refractivity contribution in [2.75, 3.05) is 38.1 Å². The third-order valence-corrected chi connectivity index (χ3v) is 8.69. The van der Waals surface area contributed by atoms with E-state index in [0.29, 0.717) is 48.3 Å². The van der Waals surface area contributed by atoms with Crippen LogP contribution in [0.5, 0.6) is 11.5 Å². The number of aromatic nitrogens is 1. The first-order valence-corrected chi connectivity index (χ1v) is 14.0. The fraction of sp³-hybridized carbons (Fsp3) is 0.355. The summed E-state index contributed by atoms with van der Waals surface area (Å²) in [5, 5.41) is 5.01. The summed E-state index contributed by atoms with van der Waals surface area (Å²) in [5.74, 6) is -0.213. The first-order chi connectivity index (χ1) is 19.4. The van der Waals surface area contributed by atoms with Gasteiger partial charge in [-0.15, -0.1) is 0 Å². The summed E-state index contributed by atoms with van der Waals surface area (Å²) >= 11 is 0. The first-order valence-electron chi connectivity index (χ1n) is 14.0. The molecule has 3 N–H and O–H groups in total. The maximum Gasteiger partial charge on any atom is 0.256 e. The smallest absolute Gasteiger partial charge is 0.256 e. The van der Waals surface area contributed by atoms with E-state index < -0.39 is 17.2 Å². The van der Waals surface area contributed by atoms with Gasteiger partial charge < -0.3 is 30.2 Å². The molecule has 3 aliphatic rings. The predicted octanol–water partition coefficient (Wildman–Crippen LogP) is 4.14. The molecule has 40 heavy (non-hydrogen) atoms. The van der Waals surface area contributed by atoms with Crippen LogP contribution >= 0.6 is 0 Å². The minimum absolute atomic E-state index is 0.0189. The second kappa shape index (κ2) is 9.60. The van der Waals surface area contributed by atoms with E-state index in [9.17, 15) is 9.59 Å². The number of amides is 1.